The summed E-state index contributed by atoms with van der Waals surface area (Å²) in [7, 11) is 2.48. The lowest BCUT2D eigenvalue weighted by molar-refractivity contribution is -0.125. The van der Waals surface area contributed by atoms with E-state index in [-0.39, 0.29) is 51.5 Å². The Morgan fingerprint density at radius 2 is 1.88 bits per heavy atom. The highest BCUT2D eigenvalue weighted by molar-refractivity contribution is 5.91. The molecule has 13 nitrogen and oxygen atoms in total. The van der Waals surface area contributed by atoms with E-state index in [1.165, 1.54) is 26.1 Å². The van der Waals surface area contributed by atoms with Crippen molar-refractivity contribution in [2.24, 2.45) is 4.99 Å². The Morgan fingerprint density at radius 3 is 2.53 bits per heavy atom. The van der Waals surface area contributed by atoms with Gasteiger partial charge in [-0.25, -0.2) is 23.6 Å². The van der Waals surface area contributed by atoms with Gasteiger partial charge in [-0.3, -0.25) is 20.2 Å². The number of halogens is 3. The van der Waals surface area contributed by atoms with Crippen LogP contribution in [0.4, 0.5) is 24.9 Å². The number of amides is 1. The number of aliphatic imine (C=N–C) groups is 1. The highest BCUT2D eigenvalue weighted by Gasteiger charge is 2.35. The minimum Gasteiger partial charge on any atom is -0.467 e. The summed E-state index contributed by atoms with van der Waals surface area (Å²) in [5.74, 6) is 0.550. The van der Waals surface area contributed by atoms with E-state index in [1.807, 2.05) is 18.7 Å². The van der Waals surface area contributed by atoms with Gasteiger partial charge in [0.1, 0.15) is 29.0 Å². The molecule has 0 spiro atoms. The molecule has 3 N–H and O–H groups in total. The Balaban J connectivity index is 0.000000155. The third kappa shape index (κ3) is 8.50. The van der Waals surface area contributed by atoms with Crippen molar-refractivity contribution < 1.29 is 27.6 Å². The number of aryl methyl sites for hydroxylation is 1. The van der Waals surface area contributed by atoms with E-state index in [0.717, 1.165) is 75.7 Å². The van der Waals surface area contributed by atoms with Crippen molar-refractivity contribution in [1.29, 1.82) is 0 Å². The molecule has 0 radical (unpaired) electrons. The van der Waals surface area contributed by atoms with Crippen LogP contribution in [0, 0.1) is 12.7 Å². The largest absolute Gasteiger partial charge is 0.467 e. The molecule has 3 unspecified atom stereocenters. The number of alkyl halides is 1. The zero-order valence-corrected chi connectivity index (χ0v) is 29.4. The van der Waals surface area contributed by atoms with Gasteiger partial charge in [0.2, 0.25) is 5.91 Å². The van der Waals surface area contributed by atoms with Crippen molar-refractivity contribution in [3.05, 3.63) is 41.4 Å². The number of hydrogen-bond acceptors (Lipinski definition) is 12. The van der Waals surface area contributed by atoms with Gasteiger partial charge in [0, 0.05) is 45.0 Å². The summed E-state index contributed by atoms with van der Waals surface area (Å²) in [5.41, 5.74) is 10.8. The Hall–Kier alpha value is -4.57. The van der Waals surface area contributed by atoms with Gasteiger partial charge in [-0.2, -0.15) is 15.1 Å². The minimum absolute atomic E-state index is 0.0352. The molecule has 0 aromatic carbocycles. The van der Waals surface area contributed by atoms with E-state index >= 15 is 4.39 Å². The van der Waals surface area contributed by atoms with Crippen LogP contribution in [0.25, 0.3) is 22.3 Å². The smallest absolute Gasteiger partial charge is 0.318 e. The summed E-state index contributed by atoms with van der Waals surface area (Å²) in [6.45, 7) is 7.34. The number of nitrogens with zero attached hydrogens (tertiary/aromatic N) is 8. The van der Waals surface area contributed by atoms with Crippen molar-refractivity contribution in [2.75, 3.05) is 51.2 Å². The number of carbonyl (C=O) groups is 1. The number of likely N-dealkylation sites (tertiary alicyclic amines) is 1. The van der Waals surface area contributed by atoms with Crippen molar-refractivity contribution in [2.45, 2.75) is 83.2 Å². The van der Waals surface area contributed by atoms with E-state index in [0.29, 0.717) is 24.2 Å². The van der Waals surface area contributed by atoms with Gasteiger partial charge in [-0.1, -0.05) is 4.48 Å². The van der Waals surface area contributed by atoms with Gasteiger partial charge in [0.05, 0.1) is 18.2 Å². The summed E-state index contributed by atoms with van der Waals surface area (Å²) in [5, 5.41) is 0.405. The Kier molecular flexibility index (Phi) is 11.2. The number of anilines is 2. The molecule has 274 valence electrons. The number of fused-ring (bicyclic) bond motifs is 2. The van der Waals surface area contributed by atoms with Crippen LogP contribution in [0.1, 0.15) is 68.9 Å². The Morgan fingerprint density at radius 1 is 1.12 bits per heavy atom. The second kappa shape index (κ2) is 15.8. The maximum absolute atomic E-state index is 15.4. The lowest BCUT2D eigenvalue weighted by atomic mass is 9.99. The zero-order valence-electron chi connectivity index (χ0n) is 29.4. The van der Waals surface area contributed by atoms with Crippen molar-refractivity contribution in [3.63, 3.8) is 0 Å². The van der Waals surface area contributed by atoms with Gasteiger partial charge in [0.25, 0.3) is 0 Å². The molecule has 1 aliphatic carbocycles. The second-order valence-electron chi connectivity index (χ2n) is 13.4. The number of nitrogens with one attached hydrogen (secondary N) is 1. The van der Waals surface area contributed by atoms with E-state index < -0.39 is 12.0 Å². The quantitative estimate of drug-likeness (QED) is 0.264. The first kappa shape index (κ1) is 36.2. The lowest BCUT2D eigenvalue weighted by Gasteiger charge is -2.15. The number of rotatable bonds is 6. The molecule has 7 heterocycles. The Bertz CT molecular complexity index is 1790. The lowest BCUT2D eigenvalue weighted by Crippen LogP contribution is -2.25. The first-order valence-corrected chi connectivity index (χ1v) is 17.4. The molecule has 51 heavy (non-hydrogen) atoms. The molecule has 3 saturated heterocycles. The van der Waals surface area contributed by atoms with E-state index in [1.54, 1.807) is 18.2 Å². The number of nitrogens with two attached hydrogens (primary N) is 1. The molecule has 3 aromatic heterocycles. The average molecular weight is 711 g/mol. The number of aromatic nitrogens is 4. The Labute approximate surface area is 295 Å². The summed E-state index contributed by atoms with van der Waals surface area (Å²) >= 11 is 0. The molecule has 0 bridgehead atoms. The number of nitrogen functional groups attached to an aromatic ring is 1. The maximum Gasteiger partial charge on any atom is 0.318 e. The molecular formula is C35H45F3N10O3. The number of methoxy groups -OCH3 is 1. The number of ether oxygens (including phenoxy) is 1. The predicted molar refractivity (Wildman–Crippen MR) is 188 cm³/mol. The number of pyridine rings is 2. The molecule has 1 saturated carbocycles. The molecular weight excluding hydrogens is 665 g/mol. The second-order valence-corrected chi connectivity index (χ2v) is 13.4. The van der Waals surface area contributed by atoms with Crippen LogP contribution < -0.4 is 21.1 Å². The molecule has 1 amide bonds. The number of carbonyl (C=O) groups excluding carboxylic acids is 1. The highest BCUT2D eigenvalue weighted by atomic mass is 19.2. The third-order valence-electron chi connectivity index (χ3n) is 9.54. The van der Waals surface area contributed by atoms with Gasteiger partial charge in [0.15, 0.2) is 17.9 Å². The van der Waals surface area contributed by atoms with Crippen LogP contribution in [0.2, 0.25) is 0 Å². The summed E-state index contributed by atoms with van der Waals surface area (Å²) in [6.07, 6.45) is 11.3. The predicted octanol–water partition coefficient (Wildman–Crippen LogP) is 4.96. The first-order chi connectivity index (χ1) is 24.5. The number of hydroxylamine groups is 1. The molecule has 4 fully saturated rings. The van der Waals surface area contributed by atoms with E-state index in [4.69, 9.17) is 15.3 Å². The van der Waals surface area contributed by atoms with Gasteiger partial charge in [-0.05, 0) is 94.5 Å². The normalized spacial score (nSPS) is 22.6. The molecule has 8 rings (SSSR count). The standard InChI is InChI=1S/C18H18F2N6O.C10H15N3O2.C7H12FN/c1-8-6-11(21)23-15(12(8)9-4-5-9)16-13(19)14-10(7-22-16)17(26(2)20)25-18(24-14)27-3;1-8-11-9(15-12-8)4-5-10(14)13-6-2-3-7-13;8-6-4-7-2-1-3-9(7)5-6/h6-7,9H,4-5H2,1-3H3,(H2,21,23);4-5,9H,2-3,6-7H2,1H3,(H,11,12);6-7H,1-5H2/b;5-4+;. The average Bonchev–Trinajstić information content (AvgIpc) is 3.45. The van der Waals surface area contributed by atoms with Crippen LogP contribution in [-0.4, -0.2) is 100 Å². The number of hydrogen-bond donors (Lipinski definition) is 2. The van der Waals surface area contributed by atoms with E-state index in [9.17, 15) is 13.7 Å². The molecule has 3 aromatic rings. The summed E-state index contributed by atoms with van der Waals surface area (Å²) < 4.78 is 46.8. The minimum atomic E-state index is -0.712. The van der Waals surface area contributed by atoms with Gasteiger partial charge in [-0.15, -0.1) is 0 Å². The van der Waals surface area contributed by atoms with Crippen LogP contribution in [0.15, 0.2) is 29.4 Å². The summed E-state index contributed by atoms with van der Waals surface area (Å²) in [4.78, 5) is 41.5. The molecule has 16 heteroatoms. The van der Waals surface area contributed by atoms with Crippen LogP contribution in [-0.2, 0) is 9.63 Å². The fourth-order valence-corrected chi connectivity index (χ4v) is 6.99. The third-order valence-corrected chi connectivity index (χ3v) is 9.54. The molecule has 3 atom stereocenters. The van der Waals surface area contributed by atoms with Gasteiger partial charge >= 0.3 is 6.01 Å². The molecule has 5 aliphatic rings. The maximum atomic E-state index is 15.4. The molecule has 4 aliphatic heterocycles. The SMILES string of the molecule is CC1=NC(/C=C/C(=O)N2CCCC2)ON1.COc1nc(N(C)F)c2cnc(-c3nc(N)cc(C)c3C3CC3)c(F)c2n1.FC1CC2CCCN2C1. The topological polar surface area (TPSA) is 147 Å². The summed E-state index contributed by atoms with van der Waals surface area (Å²) in [6, 6.07) is 2.24. The van der Waals surface area contributed by atoms with Gasteiger partial charge < -0.3 is 15.4 Å². The van der Waals surface area contributed by atoms with Crippen molar-refractivity contribution in [3.8, 4) is 17.4 Å². The fraction of sp³-hybridized carbons (Fsp3) is 0.543. The number of amidine groups is 1. The first-order valence-electron chi connectivity index (χ1n) is 17.4. The zero-order chi connectivity index (χ0) is 36.2. The van der Waals surface area contributed by atoms with Crippen LogP contribution >= 0.6 is 0 Å². The van der Waals surface area contributed by atoms with Crippen LogP contribution in [0.5, 0.6) is 6.01 Å². The fourth-order valence-electron chi connectivity index (χ4n) is 6.99. The van der Waals surface area contributed by atoms with E-state index in [2.05, 4.69) is 35.3 Å². The highest BCUT2D eigenvalue weighted by Crippen LogP contribution is 2.46. The van der Waals surface area contributed by atoms with Crippen molar-refractivity contribution >= 4 is 34.3 Å². The van der Waals surface area contributed by atoms with Crippen molar-refractivity contribution in [1.82, 2.24) is 35.2 Å². The van der Waals surface area contributed by atoms with Crippen LogP contribution in [0.3, 0.4) is 0 Å². The monoisotopic (exact) mass is 710 g/mol.